The van der Waals surface area contributed by atoms with Crippen LogP contribution >= 0.6 is 11.8 Å². The van der Waals surface area contributed by atoms with Gasteiger partial charge in [-0.15, -0.1) is 0 Å². The van der Waals surface area contributed by atoms with Crippen molar-refractivity contribution in [3.05, 3.63) is 0 Å². The number of hydrogen-bond donors (Lipinski definition) is 1. The molecule has 1 heterocycles. The van der Waals surface area contributed by atoms with E-state index in [1.165, 1.54) is 0 Å². The Morgan fingerprint density at radius 2 is 2.23 bits per heavy atom. The molecule has 0 fully saturated rings. The molecule has 0 atom stereocenters. The van der Waals surface area contributed by atoms with Crippen LogP contribution in [0.1, 0.15) is 27.7 Å². The van der Waals surface area contributed by atoms with Crippen molar-refractivity contribution >= 4 is 16.9 Å². The van der Waals surface area contributed by atoms with Crippen LogP contribution < -0.4 is 5.32 Å². The molecule has 0 aromatic heterocycles. The fourth-order valence-corrected chi connectivity index (χ4v) is 1.68. The lowest BCUT2D eigenvalue weighted by Crippen LogP contribution is -2.35. The molecule has 0 aromatic carbocycles. The molecule has 2 nitrogen and oxygen atoms in total. The Bertz CT molecular complexity index is 197. The van der Waals surface area contributed by atoms with Crippen molar-refractivity contribution in [2.24, 2.45) is 16.3 Å². The molecule has 0 bridgehead atoms. The zero-order valence-corrected chi connectivity index (χ0v) is 9.87. The number of rotatable bonds is 3. The van der Waals surface area contributed by atoms with E-state index >= 15 is 0 Å². The lowest BCUT2D eigenvalue weighted by atomic mass is 9.81. The van der Waals surface area contributed by atoms with Gasteiger partial charge in [-0.2, -0.15) is 0 Å². The lowest BCUT2D eigenvalue weighted by molar-refractivity contribution is 0.251. The SMILES string of the molecule is CC(C)C(C)(C)CNC1=NCCS1. The van der Waals surface area contributed by atoms with Crippen LogP contribution in [0.2, 0.25) is 0 Å². The normalized spacial score (nSPS) is 17.8. The highest BCUT2D eigenvalue weighted by molar-refractivity contribution is 8.14. The van der Waals surface area contributed by atoms with Crippen LogP contribution in [-0.4, -0.2) is 24.0 Å². The van der Waals surface area contributed by atoms with Gasteiger partial charge < -0.3 is 5.32 Å². The van der Waals surface area contributed by atoms with Gasteiger partial charge in [0.15, 0.2) is 5.17 Å². The van der Waals surface area contributed by atoms with Gasteiger partial charge >= 0.3 is 0 Å². The lowest BCUT2D eigenvalue weighted by Gasteiger charge is -2.29. The van der Waals surface area contributed by atoms with Crippen LogP contribution in [0.3, 0.4) is 0 Å². The molecule has 0 spiro atoms. The first-order valence-electron chi connectivity index (χ1n) is 4.93. The van der Waals surface area contributed by atoms with Gasteiger partial charge in [0.2, 0.25) is 0 Å². The minimum Gasteiger partial charge on any atom is -0.364 e. The fourth-order valence-electron chi connectivity index (χ4n) is 0.950. The van der Waals surface area contributed by atoms with Gasteiger partial charge in [-0.3, -0.25) is 4.99 Å². The van der Waals surface area contributed by atoms with Crippen molar-refractivity contribution in [2.45, 2.75) is 27.7 Å². The number of nitrogens with one attached hydrogen (secondary N) is 1. The number of nitrogens with zero attached hydrogens (tertiary/aromatic N) is 1. The van der Waals surface area contributed by atoms with Crippen molar-refractivity contribution in [3.8, 4) is 0 Å². The van der Waals surface area contributed by atoms with Gasteiger partial charge in [-0.05, 0) is 11.3 Å². The smallest absolute Gasteiger partial charge is 0.156 e. The first-order chi connectivity index (χ1) is 6.02. The summed E-state index contributed by atoms with van der Waals surface area (Å²) in [6, 6.07) is 0. The zero-order valence-electron chi connectivity index (χ0n) is 9.05. The summed E-state index contributed by atoms with van der Waals surface area (Å²) < 4.78 is 0. The number of hydrogen-bond acceptors (Lipinski definition) is 3. The molecule has 0 aliphatic carbocycles. The highest BCUT2D eigenvalue weighted by atomic mass is 32.2. The van der Waals surface area contributed by atoms with Crippen molar-refractivity contribution < 1.29 is 0 Å². The van der Waals surface area contributed by atoms with E-state index in [2.05, 4.69) is 38.0 Å². The number of thioether (sulfide) groups is 1. The molecule has 1 aliphatic heterocycles. The second-order valence-electron chi connectivity index (χ2n) is 4.53. The fraction of sp³-hybridized carbons (Fsp3) is 0.900. The average Bonchev–Trinajstić information content (AvgIpc) is 2.52. The van der Waals surface area contributed by atoms with Crippen molar-refractivity contribution in [1.29, 1.82) is 0 Å². The Balaban J connectivity index is 2.32. The summed E-state index contributed by atoms with van der Waals surface area (Å²) in [6.45, 7) is 11.1. The van der Waals surface area contributed by atoms with Crippen LogP contribution in [0, 0.1) is 11.3 Å². The first kappa shape index (κ1) is 10.9. The largest absolute Gasteiger partial charge is 0.364 e. The average molecular weight is 200 g/mol. The Morgan fingerprint density at radius 1 is 1.54 bits per heavy atom. The topological polar surface area (TPSA) is 24.4 Å². The van der Waals surface area contributed by atoms with E-state index in [1.807, 2.05) is 11.8 Å². The van der Waals surface area contributed by atoms with Crippen LogP contribution in [0.25, 0.3) is 0 Å². The summed E-state index contributed by atoms with van der Waals surface area (Å²) in [6.07, 6.45) is 0. The number of aliphatic imine (C=N–C) groups is 1. The van der Waals surface area contributed by atoms with Gasteiger partial charge in [0.25, 0.3) is 0 Å². The Morgan fingerprint density at radius 3 is 2.69 bits per heavy atom. The Hall–Kier alpha value is -0.180. The van der Waals surface area contributed by atoms with Gasteiger partial charge in [0.05, 0.1) is 6.54 Å². The van der Waals surface area contributed by atoms with Crippen LogP contribution in [0.4, 0.5) is 0 Å². The number of amidine groups is 1. The Kier molecular flexibility index (Phi) is 3.65. The summed E-state index contributed by atoms with van der Waals surface area (Å²) in [7, 11) is 0. The summed E-state index contributed by atoms with van der Waals surface area (Å²) >= 11 is 1.83. The third-order valence-corrected chi connectivity index (χ3v) is 3.78. The second-order valence-corrected chi connectivity index (χ2v) is 5.62. The van der Waals surface area contributed by atoms with E-state index in [0.717, 1.165) is 24.0 Å². The molecule has 0 saturated carbocycles. The minimum absolute atomic E-state index is 0.353. The van der Waals surface area contributed by atoms with Crippen LogP contribution in [-0.2, 0) is 0 Å². The second kappa shape index (κ2) is 4.36. The van der Waals surface area contributed by atoms with Gasteiger partial charge in [-0.25, -0.2) is 0 Å². The predicted molar refractivity (Wildman–Crippen MR) is 61.4 cm³/mol. The molecular formula is C10H20N2S. The third kappa shape index (κ3) is 3.22. The van der Waals surface area contributed by atoms with E-state index in [-0.39, 0.29) is 0 Å². The van der Waals surface area contributed by atoms with E-state index in [0.29, 0.717) is 11.3 Å². The van der Waals surface area contributed by atoms with E-state index in [9.17, 15) is 0 Å². The van der Waals surface area contributed by atoms with E-state index < -0.39 is 0 Å². The predicted octanol–water partition coefficient (Wildman–Crippen LogP) is 2.36. The molecule has 0 aromatic rings. The van der Waals surface area contributed by atoms with Gasteiger partial charge in [-0.1, -0.05) is 39.5 Å². The molecule has 13 heavy (non-hydrogen) atoms. The quantitative estimate of drug-likeness (QED) is 0.756. The van der Waals surface area contributed by atoms with Crippen molar-refractivity contribution in [2.75, 3.05) is 18.8 Å². The summed E-state index contributed by atoms with van der Waals surface area (Å²) in [5.41, 5.74) is 0.353. The van der Waals surface area contributed by atoms with Crippen LogP contribution in [0.5, 0.6) is 0 Å². The summed E-state index contributed by atoms with van der Waals surface area (Å²) in [5.74, 6) is 1.84. The first-order valence-corrected chi connectivity index (χ1v) is 5.92. The van der Waals surface area contributed by atoms with Gasteiger partial charge in [0, 0.05) is 12.3 Å². The van der Waals surface area contributed by atoms with Crippen molar-refractivity contribution in [3.63, 3.8) is 0 Å². The molecule has 76 valence electrons. The molecule has 0 unspecified atom stereocenters. The monoisotopic (exact) mass is 200 g/mol. The van der Waals surface area contributed by atoms with E-state index in [4.69, 9.17) is 0 Å². The van der Waals surface area contributed by atoms with Gasteiger partial charge in [0.1, 0.15) is 0 Å². The summed E-state index contributed by atoms with van der Waals surface area (Å²) in [5, 5.41) is 4.55. The highest BCUT2D eigenvalue weighted by Crippen LogP contribution is 2.25. The molecular weight excluding hydrogens is 180 g/mol. The van der Waals surface area contributed by atoms with E-state index in [1.54, 1.807) is 0 Å². The third-order valence-electron chi connectivity index (χ3n) is 2.84. The molecule has 0 amide bonds. The van der Waals surface area contributed by atoms with Crippen molar-refractivity contribution in [1.82, 2.24) is 5.32 Å². The molecule has 1 aliphatic rings. The minimum atomic E-state index is 0.353. The Labute approximate surface area is 85.6 Å². The molecule has 1 N–H and O–H groups in total. The standard InChI is InChI=1S/C10H20N2S/c1-8(2)10(3,4)7-12-9-11-5-6-13-9/h8H,5-7H2,1-4H3,(H,11,12). The maximum Gasteiger partial charge on any atom is 0.156 e. The maximum absolute atomic E-state index is 4.37. The maximum atomic E-state index is 4.37. The molecule has 0 radical (unpaired) electrons. The summed E-state index contributed by atoms with van der Waals surface area (Å²) in [4.78, 5) is 4.37. The zero-order chi connectivity index (χ0) is 9.90. The highest BCUT2D eigenvalue weighted by Gasteiger charge is 2.22. The molecule has 3 heteroatoms. The molecule has 0 saturated heterocycles. The molecule has 1 rings (SSSR count). The van der Waals surface area contributed by atoms with Crippen LogP contribution in [0.15, 0.2) is 4.99 Å².